The van der Waals surface area contributed by atoms with Crippen LogP contribution in [0, 0.1) is 5.82 Å². The summed E-state index contributed by atoms with van der Waals surface area (Å²) in [7, 11) is 1.52. The first-order valence-corrected chi connectivity index (χ1v) is 9.02. The molecule has 0 aliphatic rings. The average Bonchev–Trinajstić information content (AvgIpc) is 2.97. The first kappa shape index (κ1) is 18.8. The van der Waals surface area contributed by atoms with E-state index in [2.05, 4.69) is 9.97 Å². The number of anilines is 1. The molecular formula is C21H19FN4O3. The number of ether oxygens (including phenoxy) is 2. The number of hydrogen-bond acceptors (Lipinski definition) is 6. The highest BCUT2D eigenvalue weighted by molar-refractivity contribution is 6.09. The summed E-state index contributed by atoms with van der Waals surface area (Å²) < 4.78 is 25.8. The molecule has 2 aromatic carbocycles. The number of nitrogens with two attached hydrogens (primary N) is 1. The van der Waals surface area contributed by atoms with Gasteiger partial charge in [0.05, 0.1) is 23.3 Å². The molecule has 2 heterocycles. The van der Waals surface area contributed by atoms with Crippen molar-refractivity contribution in [2.75, 3.05) is 19.5 Å². The van der Waals surface area contributed by atoms with Gasteiger partial charge in [-0.25, -0.2) is 19.2 Å². The molecule has 0 saturated heterocycles. The van der Waals surface area contributed by atoms with Gasteiger partial charge in [0, 0.05) is 7.11 Å². The van der Waals surface area contributed by atoms with Crippen LogP contribution in [0.4, 0.5) is 10.2 Å². The lowest BCUT2D eigenvalue weighted by Gasteiger charge is -2.12. The quantitative estimate of drug-likeness (QED) is 0.521. The highest BCUT2D eigenvalue weighted by atomic mass is 19.1. The second kappa shape index (κ2) is 7.48. The van der Waals surface area contributed by atoms with Crippen molar-refractivity contribution < 1.29 is 18.7 Å². The van der Waals surface area contributed by atoms with Crippen LogP contribution >= 0.6 is 0 Å². The lowest BCUT2D eigenvalue weighted by molar-refractivity contribution is 0.0123. The fourth-order valence-electron chi connectivity index (χ4n) is 3.25. The largest absolute Gasteiger partial charge is 0.456 e. The molecule has 0 spiro atoms. The van der Waals surface area contributed by atoms with Gasteiger partial charge in [-0.05, 0) is 37.3 Å². The third-order valence-electron chi connectivity index (χ3n) is 4.48. The maximum absolute atomic E-state index is 13.9. The Balaban J connectivity index is 1.98. The summed E-state index contributed by atoms with van der Waals surface area (Å²) in [5.41, 5.74) is 8.73. The van der Waals surface area contributed by atoms with Crippen molar-refractivity contribution in [3.05, 3.63) is 59.9 Å². The summed E-state index contributed by atoms with van der Waals surface area (Å²) >= 11 is 0. The van der Waals surface area contributed by atoms with Crippen LogP contribution < -0.4 is 5.73 Å². The number of aromatic nitrogens is 3. The predicted molar refractivity (Wildman–Crippen MR) is 107 cm³/mol. The molecule has 0 unspecified atom stereocenters. The number of nitrogens with zero attached hydrogens (tertiary/aromatic N) is 3. The van der Waals surface area contributed by atoms with Crippen LogP contribution in [0.1, 0.15) is 17.3 Å². The van der Waals surface area contributed by atoms with E-state index < -0.39 is 17.9 Å². The number of esters is 1. The lowest BCUT2D eigenvalue weighted by Crippen LogP contribution is -2.20. The number of para-hydroxylation sites is 2. The Bertz CT molecular complexity index is 1220. The number of methoxy groups -OCH3 is 1. The van der Waals surface area contributed by atoms with E-state index in [0.717, 1.165) is 0 Å². The first-order chi connectivity index (χ1) is 14.0. The molecule has 4 rings (SSSR count). The minimum Gasteiger partial charge on any atom is -0.456 e. The zero-order valence-corrected chi connectivity index (χ0v) is 15.9. The molecule has 0 fully saturated rings. The van der Waals surface area contributed by atoms with Gasteiger partial charge in [-0.2, -0.15) is 0 Å². The Kier molecular flexibility index (Phi) is 4.85. The molecule has 29 heavy (non-hydrogen) atoms. The smallest absolute Gasteiger partial charge is 0.344 e. The Labute approximate surface area is 165 Å². The molecule has 0 radical (unpaired) electrons. The van der Waals surface area contributed by atoms with E-state index in [0.29, 0.717) is 27.9 Å². The van der Waals surface area contributed by atoms with E-state index >= 15 is 0 Å². The van der Waals surface area contributed by atoms with Crippen molar-refractivity contribution in [2.45, 2.75) is 13.0 Å². The Morgan fingerprint density at radius 3 is 2.59 bits per heavy atom. The minimum absolute atomic E-state index is 0.0792. The second-order valence-electron chi connectivity index (χ2n) is 6.63. The monoisotopic (exact) mass is 394 g/mol. The van der Waals surface area contributed by atoms with Crippen molar-refractivity contribution in [3.63, 3.8) is 0 Å². The van der Waals surface area contributed by atoms with Crippen LogP contribution in [0.3, 0.4) is 0 Å². The molecule has 1 atom stereocenters. The SMILES string of the molecule is COC[C@@H](C)OC(=O)c1c(N)n(-c2cccc(F)c2)c2nc3ccccc3nc12. The van der Waals surface area contributed by atoms with E-state index in [-0.39, 0.29) is 18.0 Å². The Morgan fingerprint density at radius 2 is 1.90 bits per heavy atom. The summed E-state index contributed by atoms with van der Waals surface area (Å²) in [5.74, 6) is -0.998. The normalized spacial score (nSPS) is 12.4. The maximum Gasteiger partial charge on any atom is 0.344 e. The van der Waals surface area contributed by atoms with Gasteiger partial charge in [-0.15, -0.1) is 0 Å². The Morgan fingerprint density at radius 1 is 1.17 bits per heavy atom. The van der Waals surface area contributed by atoms with E-state index in [1.165, 1.54) is 23.8 Å². The van der Waals surface area contributed by atoms with Crippen LogP contribution in [-0.2, 0) is 9.47 Å². The van der Waals surface area contributed by atoms with Gasteiger partial charge in [0.25, 0.3) is 0 Å². The molecule has 148 valence electrons. The minimum atomic E-state index is -0.642. The van der Waals surface area contributed by atoms with Gasteiger partial charge < -0.3 is 15.2 Å². The van der Waals surface area contributed by atoms with E-state index in [4.69, 9.17) is 15.2 Å². The molecule has 0 saturated carbocycles. The van der Waals surface area contributed by atoms with Gasteiger partial charge in [0.1, 0.15) is 28.8 Å². The number of benzene rings is 2. The average molecular weight is 394 g/mol. The molecule has 8 heteroatoms. The highest BCUT2D eigenvalue weighted by Gasteiger charge is 2.27. The first-order valence-electron chi connectivity index (χ1n) is 9.02. The molecule has 0 bridgehead atoms. The number of rotatable bonds is 5. The van der Waals surface area contributed by atoms with Gasteiger partial charge in [-0.1, -0.05) is 18.2 Å². The molecule has 2 aromatic heterocycles. The van der Waals surface area contributed by atoms with Crippen LogP contribution in [0.15, 0.2) is 48.5 Å². The number of carbonyl (C=O) groups excluding carboxylic acids is 1. The van der Waals surface area contributed by atoms with Gasteiger partial charge in [0.15, 0.2) is 5.65 Å². The maximum atomic E-state index is 13.9. The number of carbonyl (C=O) groups is 1. The zero-order chi connectivity index (χ0) is 20.5. The Hall–Kier alpha value is -3.52. The summed E-state index contributed by atoms with van der Waals surface area (Å²) in [5, 5.41) is 0. The standard InChI is InChI=1S/C21H19FN4O3/c1-12(11-28-2)29-21(27)17-18-20(25-16-9-4-3-8-15(16)24-18)26(19(17)23)14-7-5-6-13(22)10-14/h3-10,12H,11,23H2,1-2H3/t12-/m1/s1. The highest BCUT2D eigenvalue weighted by Crippen LogP contribution is 2.31. The predicted octanol–water partition coefficient (Wildman–Crippen LogP) is 3.49. The number of fused-ring (bicyclic) bond motifs is 2. The number of halogens is 1. The van der Waals surface area contributed by atoms with E-state index in [1.54, 1.807) is 31.2 Å². The summed E-state index contributed by atoms with van der Waals surface area (Å²) in [4.78, 5) is 22.1. The molecule has 0 amide bonds. The van der Waals surface area contributed by atoms with Crippen LogP contribution in [0.5, 0.6) is 0 Å². The lowest BCUT2D eigenvalue weighted by atomic mass is 10.2. The van der Waals surface area contributed by atoms with Crippen LogP contribution in [0.25, 0.3) is 27.9 Å². The van der Waals surface area contributed by atoms with Crippen molar-refractivity contribution in [3.8, 4) is 5.69 Å². The summed E-state index contributed by atoms with van der Waals surface area (Å²) in [6, 6.07) is 13.1. The van der Waals surface area contributed by atoms with Crippen molar-refractivity contribution in [1.29, 1.82) is 0 Å². The number of nitrogen functional groups attached to an aromatic ring is 1. The molecule has 4 aromatic rings. The second-order valence-corrected chi connectivity index (χ2v) is 6.63. The van der Waals surface area contributed by atoms with Crippen molar-refractivity contribution in [2.24, 2.45) is 0 Å². The molecular weight excluding hydrogens is 375 g/mol. The molecule has 7 nitrogen and oxygen atoms in total. The molecule has 0 aliphatic carbocycles. The zero-order valence-electron chi connectivity index (χ0n) is 15.9. The van der Waals surface area contributed by atoms with Crippen LogP contribution in [0.2, 0.25) is 0 Å². The number of hydrogen-bond donors (Lipinski definition) is 1. The fraction of sp³-hybridized carbons (Fsp3) is 0.190. The fourth-order valence-corrected chi connectivity index (χ4v) is 3.25. The van der Waals surface area contributed by atoms with Gasteiger partial charge in [-0.3, -0.25) is 4.57 Å². The summed E-state index contributed by atoms with van der Waals surface area (Å²) in [6.07, 6.45) is -0.479. The van der Waals surface area contributed by atoms with Gasteiger partial charge >= 0.3 is 5.97 Å². The molecule has 0 aliphatic heterocycles. The third kappa shape index (κ3) is 3.38. The van der Waals surface area contributed by atoms with E-state index in [1.807, 2.05) is 12.1 Å². The van der Waals surface area contributed by atoms with Crippen molar-refractivity contribution >= 4 is 34.0 Å². The molecule has 2 N–H and O–H groups in total. The van der Waals surface area contributed by atoms with Gasteiger partial charge in [0.2, 0.25) is 0 Å². The summed E-state index contributed by atoms with van der Waals surface area (Å²) in [6.45, 7) is 1.95. The van der Waals surface area contributed by atoms with E-state index in [9.17, 15) is 9.18 Å². The van der Waals surface area contributed by atoms with Crippen molar-refractivity contribution in [1.82, 2.24) is 14.5 Å². The third-order valence-corrected chi connectivity index (χ3v) is 4.48. The van der Waals surface area contributed by atoms with Crippen LogP contribution in [-0.4, -0.2) is 40.3 Å². The topological polar surface area (TPSA) is 92.3 Å².